The van der Waals surface area contributed by atoms with E-state index in [1.54, 1.807) is 31.2 Å². The molecule has 0 aromatic heterocycles. The molecule has 4 rings (SSSR count). The van der Waals surface area contributed by atoms with E-state index in [9.17, 15) is 13.9 Å². The summed E-state index contributed by atoms with van der Waals surface area (Å²) in [5.41, 5.74) is 1.04. The van der Waals surface area contributed by atoms with Crippen molar-refractivity contribution >= 4 is 11.6 Å². The Morgan fingerprint density at radius 1 is 1.24 bits per heavy atom. The van der Waals surface area contributed by atoms with Crippen molar-refractivity contribution in [1.29, 1.82) is 0 Å². The van der Waals surface area contributed by atoms with Gasteiger partial charge < -0.3 is 19.3 Å². The number of alkyl halides is 1. The summed E-state index contributed by atoms with van der Waals surface area (Å²) in [7, 11) is 0. The Hall–Kier alpha value is -1.73. The van der Waals surface area contributed by atoms with Gasteiger partial charge in [0.15, 0.2) is 17.4 Å². The highest BCUT2D eigenvalue weighted by Crippen LogP contribution is 2.49. The molecular formula is C22H23ClF2O4. The molecule has 2 aromatic rings. The maximum Gasteiger partial charge on any atom is 0.198 e. The van der Waals surface area contributed by atoms with Crippen molar-refractivity contribution in [3.05, 3.63) is 63.9 Å². The summed E-state index contributed by atoms with van der Waals surface area (Å²) in [5.74, 6) is -1.42. The Morgan fingerprint density at radius 3 is 2.79 bits per heavy atom. The fourth-order valence-corrected chi connectivity index (χ4v) is 4.33. The molecule has 0 spiro atoms. The first kappa shape index (κ1) is 20.5. The first-order chi connectivity index (χ1) is 13.9. The highest BCUT2D eigenvalue weighted by molar-refractivity contribution is 6.31. The number of benzene rings is 2. The number of halogens is 3. The largest absolute Gasteiger partial charge is 0.491 e. The predicted octanol–water partition coefficient (Wildman–Crippen LogP) is 4.53. The van der Waals surface area contributed by atoms with E-state index in [-0.39, 0.29) is 25.2 Å². The van der Waals surface area contributed by atoms with E-state index in [1.165, 1.54) is 6.07 Å². The van der Waals surface area contributed by atoms with Gasteiger partial charge in [-0.3, -0.25) is 0 Å². The quantitative estimate of drug-likeness (QED) is 0.740. The van der Waals surface area contributed by atoms with Crippen LogP contribution in [-0.4, -0.2) is 36.7 Å². The first-order valence-corrected chi connectivity index (χ1v) is 10.0. The monoisotopic (exact) mass is 424 g/mol. The first-order valence-electron chi connectivity index (χ1n) is 9.67. The second-order valence-electron chi connectivity index (χ2n) is 7.70. The van der Waals surface area contributed by atoms with Crippen molar-refractivity contribution < 1.29 is 28.1 Å². The normalized spacial score (nSPS) is 28.5. The zero-order valence-electron chi connectivity index (χ0n) is 16.1. The zero-order valence-corrected chi connectivity index (χ0v) is 16.8. The van der Waals surface area contributed by atoms with Gasteiger partial charge in [0, 0.05) is 23.4 Å². The molecule has 156 valence electrons. The lowest BCUT2D eigenvalue weighted by Crippen LogP contribution is -2.47. The van der Waals surface area contributed by atoms with E-state index < -0.39 is 30.0 Å². The molecule has 4 nitrogen and oxygen atoms in total. The summed E-state index contributed by atoms with van der Waals surface area (Å²) >= 11 is 6.38. The van der Waals surface area contributed by atoms with Crippen molar-refractivity contribution in [1.82, 2.24) is 0 Å². The highest BCUT2D eigenvalue weighted by Gasteiger charge is 2.57. The van der Waals surface area contributed by atoms with Crippen molar-refractivity contribution in [3.63, 3.8) is 0 Å². The lowest BCUT2D eigenvalue weighted by Gasteiger charge is -2.39. The van der Waals surface area contributed by atoms with Crippen LogP contribution < -0.4 is 4.74 Å². The molecule has 7 heteroatoms. The molecule has 2 aliphatic heterocycles. The average Bonchev–Trinajstić information content (AvgIpc) is 2.98. The summed E-state index contributed by atoms with van der Waals surface area (Å²) in [6.07, 6.45) is 0.0921. The fourth-order valence-electron chi connectivity index (χ4n) is 4.14. The molecule has 2 heterocycles. The van der Waals surface area contributed by atoms with E-state index in [0.717, 1.165) is 11.1 Å². The van der Waals surface area contributed by atoms with Crippen LogP contribution in [-0.2, 0) is 21.7 Å². The predicted molar refractivity (Wildman–Crippen MR) is 104 cm³/mol. The number of ether oxygens (including phenoxy) is 3. The van der Waals surface area contributed by atoms with Gasteiger partial charge in [-0.15, -0.1) is 0 Å². The van der Waals surface area contributed by atoms with E-state index in [2.05, 4.69) is 0 Å². The summed E-state index contributed by atoms with van der Waals surface area (Å²) in [5, 5.41) is 10.8. The van der Waals surface area contributed by atoms with E-state index >= 15 is 0 Å². The van der Waals surface area contributed by atoms with Crippen LogP contribution in [0.5, 0.6) is 5.75 Å². The standard InChI is InChI=1S/C22H23ClF2O4/c1-2-27-20-6-3-14(8-19(20)25)7-15-9-16(4-5-18(15)23)22-11-17(26)10-21(12-24,29-22)13-28-22/h3-6,8-9,17,26H,2,7,10-13H2,1H3/t17?,21-,22+/m0/s1. The molecule has 2 aromatic carbocycles. The fraction of sp³-hybridized carbons (Fsp3) is 0.455. The Balaban J connectivity index is 1.63. The molecule has 2 saturated heterocycles. The number of rotatable bonds is 6. The molecule has 0 saturated carbocycles. The molecule has 1 unspecified atom stereocenters. The third kappa shape index (κ3) is 3.87. The molecule has 2 aliphatic rings. The molecule has 0 aliphatic carbocycles. The van der Waals surface area contributed by atoms with E-state index in [4.69, 9.17) is 25.8 Å². The van der Waals surface area contributed by atoms with E-state index in [1.807, 2.05) is 6.07 Å². The Bertz CT molecular complexity index is 908. The number of aliphatic hydroxyl groups excluding tert-OH is 1. The van der Waals surface area contributed by atoms with Gasteiger partial charge in [0.25, 0.3) is 0 Å². The number of hydrogen-bond donors (Lipinski definition) is 1. The van der Waals surface area contributed by atoms with Crippen molar-refractivity contribution in [2.24, 2.45) is 0 Å². The molecule has 0 amide bonds. The van der Waals surface area contributed by atoms with Gasteiger partial charge in [-0.25, -0.2) is 8.78 Å². The van der Waals surface area contributed by atoms with Crippen LogP contribution >= 0.6 is 11.6 Å². The smallest absolute Gasteiger partial charge is 0.198 e. The second kappa shape index (κ2) is 7.84. The number of hydrogen-bond acceptors (Lipinski definition) is 4. The van der Waals surface area contributed by atoms with Crippen LogP contribution in [0, 0.1) is 5.82 Å². The van der Waals surface area contributed by atoms with Gasteiger partial charge in [0.2, 0.25) is 0 Å². The van der Waals surface area contributed by atoms with Crippen molar-refractivity contribution in [3.8, 4) is 5.75 Å². The van der Waals surface area contributed by atoms with Gasteiger partial charge in [-0.05, 0) is 48.7 Å². The molecule has 3 atom stereocenters. The maximum atomic E-state index is 14.2. The zero-order chi connectivity index (χ0) is 20.6. The summed E-state index contributed by atoms with van der Waals surface area (Å²) < 4.78 is 44.9. The van der Waals surface area contributed by atoms with Crippen molar-refractivity contribution in [2.45, 2.75) is 43.7 Å². The van der Waals surface area contributed by atoms with Crippen LogP contribution in [0.25, 0.3) is 0 Å². The minimum Gasteiger partial charge on any atom is -0.491 e. The Kier molecular flexibility index (Phi) is 5.55. The van der Waals surface area contributed by atoms with Crippen LogP contribution in [0.15, 0.2) is 36.4 Å². The summed E-state index contributed by atoms with van der Waals surface area (Å²) in [6, 6.07) is 10.1. The van der Waals surface area contributed by atoms with E-state index in [0.29, 0.717) is 23.6 Å². The Labute approximate surface area is 173 Å². The molecule has 1 N–H and O–H groups in total. The van der Waals surface area contributed by atoms with Crippen LogP contribution in [0.2, 0.25) is 5.02 Å². The second-order valence-corrected chi connectivity index (χ2v) is 8.11. The molecule has 0 radical (unpaired) electrons. The molecule has 29 heavy (non-hydrogen) atoms. The van der Waals surface area contributed by atoms with Crippen LogP contribution in [0.3, 0.4) is 0 Å². The topological polar surface area (TPSA) is 47.9 Å². The minimum atomic E-state index is -1.20. The van der Waals surface area contributed by atoms with Gasteiger partial charge in [-0.1, -0.05) is 23.7 Å². The van der Waals surface area contributed by atoms with Crippen LogP contribution in [0.1, 0.15) is 36.5 Å². The summed E-state index contributed by atoms with van der Waals surface area (Å²) in [6.45, 7) is 1.55. The average molecular weight is 425 g/mol. The third-order valence-corrected chi connectivity index (χ3v) is 5.85. The highest BCUT2D eigenvalue weighted by atomic mass is 35.5. The van der Waals surface area contributed by atoms with Gasteiger partial charge in [0.1, 0.15) is 12.3 Å². The number of fused-ring (bicyclic) bond motifs is 2. The molecule has 2 bridgehead atoms. The number of aliphatic hydroxyl groups is 1. The lowest BCUT2D eigenvalue weighted by atomic mass is 9.88. The maximum absolute atomic E-state index is 14.2. The third-order valence-electron chi connectivity index (χ3n) is 5.48. The van der Waals surface area contributed by atoms with Gasteiger partial charge in [0.05, 0.1) is 19.3 Å². The molecule has 2 fully saturated rings. The van der Waals surface area contributed by atoms with Gasteiger partial charge in [-0.2, -0.15) is 0 Å². The molecular weight excluding hydrogens is 402 g/mol. The lowest BCUT2D eigenvalue weighted by molar-refractivity contribution is -0.245. The SMILES string of the molecule is CCOc1ccc(Cc2cc([C@]34CC(O)C[C@](CF)(CO3)O4)ccc2Cl)cc1F. The Morgan fingerprint density at radius 2 is 2.07 bits per heavy atom. The van der Waals surface area contributed by atoms with Gasteiger partial charge >= 0.3 is 0 Å². The van der Waals surface area contributed by atoms with Crippen molar-refractivity contribution in [2.75, 3.05) is 19.9 Å². The summed E-state index contributed by atoms with van der Waals surface area (Å²) in [4.78, 5) is 0. The minimum absolute atomic E-state index is 0.0859. The van der Waals surface area contributed by atoms with Crippen LogP contribution in [0.4, 0.5) is 8.78 Å².